The first-order valence-corrected chi connectivity index (χ1v) is 10.9. The molecule has 0 saturated carbocycles. The molecule has 2 aliphatic rings. The second-order valence-electron chi connectivity index (χ2n) is 7.64. The van der Waals surface area contributed by atoms with Gasteiger partial charge in [0.25, 0.3) is 0 Å². The van der Waals surface area contributed by atoms with E-state index in [4.69, 9.17) is 0 Å². The number of ketones is 1. The van der Waals surface area contributed by atoms with Crippen LogP contribution in [0.4, 0.5) is 0 Å². The zero-order valence-electron chi connectivity index (χ0n) is 16.5. The van der Waals surface area contributed by atoms with Crippen LogP contribution >= 0.6 is 11.8 Å². The molecule has 1 aliphatic carbocycles. The number of oxime groups is 1. The lowest BCUT2D eigenvalue weighted by Gasteiger charge is -2.14. The van der Waals surface area contributed by atoms with Gasteiger partial charge in [0, 0.05) is 50.2 Å². The Bertz CT molecular complexity index is 1320. The van der Waals surface area contributed by atoms with E-state index in [1.165, 1.54) is 10.9 Å². The van der Waals surface area contributed by atoms with Crippen LogP contribution in [0.5, 0.6) is 0 Å². The minimum Gasteiger partial charge on any atom is -0.411 e. The summed E-state index contributed by atoms with van der Waals surface area (Å²) >= 11 is 1.71. The smallest absolute Gasteiger partial charge is 0.170 e. The summed E-state index contributed by atoms with van der Waals surface area (Å²) in [6.07, 6.45) is 5.07. The first kappa shape index (κ1) is 18.3. The van der Waals surface area contributed by atoms with Crippen molar-refractivity contribution in [3.05, 3.63) is 63.7 Å². The zero-order chi connectivity index (χ0) is 20.1. The van der Waals surface area contributed by atoms with E-state index in [-0.39, 0.29) is 11.7 Å². The summed E-state index contributed by atoms with van der Waals surface area (Å²) in [4.78, 5) is 14.4. The number of hydrogen-bond donors (Lipinski definition) is 1. The molecule has 3 aromatic rings. The van der Waals surface area contributed by atoms with Crippen LogP contribution in [-0.2, 0) is 6.54 Å². The number of fused-ring (bicyclic) bond motifs is 4. The van der Waals surface area contributed by atoms with E-state index in [1.54, 1.807) is 11.8 Å². The van der Waals surface area contributed by atoms with Crippen LogP contribution in [0.2, 0.25) is 0 Å². The summed E-state index contributed by atoms with van der Waals surface area (Å²) in [7, 11) is 0. The number of carbonyl (C=O) groups is 1. The van der Waals surface area contributed by atoms with Crippen molar-refractivity contribution < 1.29 is 10.0 Å². The fourth-order valence-electron chi connectivity index (χ4n) is 4.55. The van der Waals surface area contributed by atoms with E-state index < -0.39 is 0 Å². The van der Waals surface area contributed by atoms with E-state index in [0.717, 1.165) is 44.4 Å². The largest absolute Gasteiger partial charge is 0.411 e. The molecular weight excluding hydrogens is 380 g/mol. The van der Waals surface area contributed by atoms with E-state index in [0.29, 0.717) is 12.2 Å². The van der Waals surface area contributed by atoms with Crippen LogP contribution in [0.1, 0.15) is 34.8 Å². The Morgan fingerprint density at radius 3 is 2.90 bits per heavy atom. The molecule has 2 heterocycles. The fraction of sp³-hybridized carbons (Fsp3) is 0.250. The molecule has 5 heteroatoms. The average Bonchev–Trinajstić information content (AvgIpc) is 3.29. The van der Waals surface area contributed by atoms with Crippen LogP contribution in [0.15, 0.2) is 46.4 Å². The van der Waals surface area contributed by atoms with E-state index in [2.05, 4.69) is 40.9 Å². The summed E-state index contributed by atoms with van der Waals surface area (Å²) in [6.45, 7) is 5.01. The van der Waals surface area contributed by atoms with Crippen molar-refractivity contribution in [2.75, 3.05) is 5.75 Å². The molecule has 1 N–H and O–H groups in total. The summed E-state index contributed by atoms with van der Waals surface area (Å²) in [5.41, 5.74) is 4.72. The molecule has 4 nitrogen and oxygen atoms in total. The first-order valence-electron chi connectivity index (χ1n) is 9.94. The van der Waals surface area contributed by atoms with E-state index in [9.17, 15) is 10.0 Å². The molecule has 2 aromatic carbocycles. The Labute approximate surface area is 173 Å². The van der Waals surface area contributed by atoms with Gasteiger partial charge in [0.2, 0.25) is 0 Å². The lowest BCUT2D eigenvalue weighted by molar-refractivity contribution is 0.0953. The quantitative estimate of drug-likeness (QED) is 0.413. The summed E-state index contributed by atoms with van der Waals surface area (Å²) in [5.74, 6) is 0.710. The maximum atomic E-state index is 13.2. The molecule has 146 valence electrons. The predicted octanol–water partition coefficient (Wildman–Crippen LogP) is 3.72. The number of thioether (sulfide) groups is 1. The van der Waals surface area contributed by atoms with Crippen molar-refractivity contribution in [2.24, 2.45) is 11.1 Å². The Kier molecular flexibility index (Phi) is 4.36. The number of carbonyl (C=O) groups excluding carboxylic acids is 1. The summed E-state index contributed by atoms with van der Waals surface area (Å²) < 4.78 is 2.32. The number of benzene rings is 2. The highest BCUT2D eigenvalue weighted by atomic mass is 32.2. The molecule has 1 unspecified atom stereocenters. The van der Waals surface area contributed by atoms with Gasteiger partial charge in [-0.3, -0.25) is 4.79 Å². The van der Waals surface area contributed by atoms with Crippen molar-refractivity contribution in [2.45, 2.75) is 31.7 Å². The standard InChI is InChI=1S/C24H22N2O2S/c1-3-26-21-9-8-15(24(27)16-7-5-4-6-14(16)2)10-17(21)18-11-19-20(25-28)13-29-23(19)12-22(18)26/h4-7,9-12,15,28H,3,8,13H2,1-2H3/b25-20+. The highest BCUT2D eigenvalue weighted by molar-refractivity contribution is 8.00. The zero-order valence-corrected chi connectivity index (χ0v) is 17.3. The molecule has 5 rings (SSSR count). The third-order valence-electron chi connectivity index (χ3n) is 6.04. The van der Waals surface area contributed by atoms with Crippen LogP contribution in [0, 0.1) is 12.8 Å². The number of nitrogens with zero attached hydrogens (tertiary/aromatic N) is 2. The van der Waals surface area contributed by atoms with Gasteiger partial charge in [-0.15, -0.1) is 11.8 Å². The molecule has 1 aliphatic heterocycles. The molecule has 0 saturated heterocycles. The Balaban J connectivity index is 1.72. The van der Waals surface area contributed by atoms with Gasteiger partial charge in [-0.2, -0.15) is 0 Å². The van der Waals surface area contributed by atoms with Gasteiger partial charge >= 0.3 is 0 Å². The second-order valence-corrected chi connectivity index (χ2v) is 8.65. The Morgan fingerprint density at radius 1 is 1.31 bits per heavy atom. The third kappa shape index (κ3) is 2.76. The van der Waals surface area contributed by atoms with Gasteiger partial charge < -0.3 is 9.77 Å². The number of aryl methyl sites for hydroxylation is 2. The minimum atomic E-state index is -0.159. The molecule has 0 spiro atoms. The lowest BCUT2D eigenvalue weighted by atomic mass is 9.89. The van der Waals surface area contributed by atoms with Crippen molar-refractivity contribution in [3.63, 3.8) is 0 Å². The SMILES string of the molecule is CCn1c2c(c3cc4c(cc31)SC/C4=N\O)=CC(C(=O)c1ccccc1C)CC=2. The molecule has 1 aromatic heterocycles. The Morgan fingerprint density at radius 2 is 2.14 bits per heavy atom. The first-order chi connectivity index (χ1) is 14.1. The maximum Gasteiger partial charge on any atom is 0.170 e. The van der Waals surface area contributed by atoms with E-state index in [1.807, 2.05) is 31.2 Å². The lowest BCUT2D eigenvalue weighted by Crippen LogP contribution is -2.34. The molecule has 29 heavy (non-hydrogen) atoms. The van der Waals surface area contributed by atoms with Crippen LogP contribution < -0.4 is 10.6 Å². The molecule has 0 radical (unpaired) electrons. The number of aromatic nitrogens is 1. The third-order valence-corrected chi connectivity index (χ3v) is 7.10. The predicted molar refractivity (Wildman–Crippen MR) is 118 cm³/mol. The van der Waals surface area contributed by atoms with Crippen LogP contribution in [0.3, 0.4) is 0 Å². The fourth-order valence-corrected chi connectivity index (χ4v) is 5.58. The monoisotopic (exact) mass is 402 g/mol. The Hall–Kier alpha value is -2.79. The molecule has 1 atom stereocenters. The molecule has 0 fully saturated rings. The number of Topliss-reactive ketones (excluding diaryl/α,β-unsaturated/α-hetero) is 1. The molecule has 0 amide bonds. The topological polar surface area (TPSA) is 54.6 Å². The number of rotatable bonds is 3. The minimum absolute atomic E-state index is 0.159. The van der Waals surface area contributed by atoms with Gasteiger partial charge in [0.15, 0.2) is 5.78 Å². The number of hydrogen-bond acceptors (Lipinski definition) is 4. The van der Waals surface area contributed by atoms with Crippen LogP contribution in [0.25, 0.3) is 23.1 Å². The van der Waals surface area contributed by atoms with Gasteiger partial charge in [-0.05, 0) is 38.0 Å². The van der Waals surface area contributed by atoms with Crippen molar-refractivity contribution in [1.29, 1.82) is 0 Å². The van der Waals surface area contributed by atoms with Gasteiger partial charge in [-0.25, -0.2) is 0 Å². The summed E-state index contributed by atoms with van der Waals surface area (Å²) in [6, 6.07) is 12.1. The molecular formula is C24H22N2O2S. The highest BCUT2D eigenvalue weighted by Gasteiger charge is 2.25. The van der Waals surface area contributed by atoms with Crippen molar-refractivity contribution in [3.8, 4) is 0 Å². The van der Waals surface area contributed by atoms with Gasteiger partial charge in [-0.1, -0.05) is 41.6 Å². The van der Waals surface area contributed by atoms with Gasteiger partial charge in [0.1, 0.15) is 0 Å². The average molecular weight is 403 g/mol. The molecule has 0 bridgehead atoms. The maximum absolute atomic E-state index is 13.2. The van der Waals surface area contributed by atoms with Crippen LogP contribution in [-0.4, -0.2) is 27.0 Å². The summed E-state index contributed by atoms with van der Waals surface area (Å²) in [5, 5.41) is 16.3. The van der Waals surface area contributed by atoms with E-state index >= 15 is 0 Å². The van der Waals surface area contributed by atoms with Crippen molar-refractivity contribution in [1.82, 2.24) is 4.57 Å². The normalized spacial score (nSPS) is 19.0. The van der Waals surface area contributed by atoms with Gasteiger partial charge in [0.05, 0.1) is 11.2 Å². The second kappa shape index (κ2) is 6.92. The van der Waals surface area contributed by atoms with Crippen molar-refractivity contribution >= 4 is 46.3 Å². The highest BCUT2D eigenvalue weighted by Crippen LogP contribution is 2.34.